The van der Waals surface area contributed by atoms with Crippen molar-refractivity contribution in [3.63, 3.8) is 0 Å². The van der Waals surface area contributed by atoms with Crippen molar-refractivity contribution in [2.45, 2.75) is 25.7 Å². The Kier molecular flexibility index (Phi) is 2.47. The van der Waals surface area contributed by atoms with E-state index in [0.717, 1.165) is 15.9 Å². The SMILES string of the molecule is Cc1cc(-n2[nH]c(=O)cc2C2CC2)ccc1Br. The Balaban J connectivity index is 2.13. The lowest BCUT2D eigenvalue weighted by molar-refractivity contribution is 0.798. The van der Waals surface area contributed by atoms with Crippen molar-refractivity contribution in [2.75, 3.05) is 0 Å². The molecule has 0 bridgehead atoms. The summed E-state index contributed by atoms with van der Waals surface area (Å²) in [5.74, 6) is 0.554. The standard InChI is InChI=1S/C13H13BrN2O/c1-8-6-10(4-5-11(8)14)16-12(9-2-3-9)7-13(17)15-16/h4-7,9H,2-3H2,1H3,(H,15,17). The third-order valence-corrected chi connectivity index (χ3v) is 4.04. The van der Waals surface area contributed by atoms with Gasteiger partial charge in [0.15, 0.2) is 0 Å². The predicted octanol–water partition coefficient (Wildman–Crippen LogP) is 3.11. The minimum absolute atomic E-state index is 0.0209. The highest BCUT2D eigenvalue weighted by atomic mass is 79.9. The van der Waals surface area contributed by atoms with Crippen molar-refractivity contribution in [3.05, 3.63) is 50.3 Å². The van der Waals surface area contributed by atoms with Gasteiger partial charge in [-0.2, -0.15) is 0 Å². The van der Waals surface area contributed by atoms with Gasteiger partial charge >= 0.3 is 0 Å². The van der Waals surface area contributed by atoms with Crippen LogP contribution in [0.15, 0.2) is 33.5 Å². The van der Waals surface area contributed by atoms with Crippen LogP contribution < -0.4 is 5.56 Å². The van der Waals surface area contributed by atoms with Gasteiger partial charge in [0.05, 0.1) is 5.69 Å². The smallest absolute Gasteiger partial charge is 0.264 e. The first kappa shape index (κ1) is 10.8. The molecule has 17 heavy (non-hydrogen) atoms. The molecule has 88 valence electrons. The summed E-state index contributed by atoms with van der Waals surface area (Å²) < 4.78 is 3.00. The average molecular weight is 293 g/mol. The van der Waals surface area contributed by atoms with Crippen LogP contribution in [0.4, 0.5) is 0 Å². The molecule has 0 unspecified atom stereocenters. The number of rotatable bonds is 2. The normalized spacial score (nSPS) is 15.2. The number of H-pyrrole nitrogens is 1. The summed E-state index contributed by atoms with van der Waals surface area (Å²) in [6, 6.07) is 7.82. The molecule has 4 heteroatoms. The Morgan fingerprint density at radius 2 is 2.12 bits per heavy atom. The number of nitrogens with zero attached hydrogens (tertiary/aromatic N) is 1. The molecule has 1 fully saturated rings. The summed E-state index contributed by atoms with van der Waals surface area (Å²) in [5, 5.41) is 2.87. The first-order chi connectivity index (χ1) is 8.15. The van der Waals surface area contributed by atoms with E-state index < -0.39 is 0 Å². The highest BCUT2D eigenvalue weighted by molar-refractivity contribution is 9.10. The molecule has 1 aliphatic carbocycles. The molecule has 0 aliphatic heterocycles. The lowest BCUT2D eigenvalue weighted by atomic mass is 10.2. The fraction of sp³-hybridized carbons (Fsp3) is 0.308. The molecular weight excluding hydrogens is 280 g/mol. The van der Waals surface area contributed by atoms with Crippen molar-refractivity contribution < 1.29 is 0 Å². The molecule has 2 aromatic rings. The molecule has 1 aliphatic rings. The largest absolute Gasteiger partial charge is 0.268 e. The molecule has 1 heterocycles. The van der Waals surface area contributed by atoms with Gasteiger partial charge in [0.25, 0.3) is 5.56 Å². The van der Waals surface area contributed by atoms with Crippen molar-refractivity contribution in [1.29, 1.82) is 0 Å². The zero-order chi connectivity index (χ0) is 12.0. The van der Waals surface area contributed by atoms with Gasteiger partial charge in [-0.25, -0.2) is 0 Å². The van der Waals surface area contributed by atoms with Gasteiger partial charge in [-0.3, -0.25) is 14.6 Å². The summed E-state index contributed by atoms with van der Waals surface area (Å²) >= 11 is 3.49. The Hall–Kier alpha value is -1.29. The average Bonchev–Trinajstić information content (AvgIpc) is 3.06. The first-order valence-electron chi connectivity index (χ1n) is 5.73. The van der Waals surface area contributed by atoms with E-state index in [1.54, 1.807) is 6.07 Å². The zero-order valence-corrected chi connectivity index (χ0v) is 11.1. The fourth-order valence-electron chi connectivity index (χ4n) is 2.07. The van der Waals surface area contributed by atoms with Crippen LogP contribution in [0.25, 0.3) is 5.69 Å². The van der Waals surface area contributed by atoms with Crippen LogP contribution in [-0.4, -0.2) is 9.78 Å². The number of benzene rings is 1. The quantitative estimate of drug-likeness (QED) is 0.907. The van der Waals surface area contributed by atoms with Gasteiger partial charge in [0.2, 0.25) is 0 Å². The van der Waals surface area contributed by atoms with Crippen LogP contribution >= 0.6 is 15.9 Å². The highest BCUT2D eigenvalue weighted by Gasteiger charge is 2.27. The van der Waals surface area contributed by atoms with Crippen molar-refractivity contribution in [1.82, 2.24) is 9.78 Å². The van der Waals surface area contributed by atoms with Crippen LogP contribution in [0, 0.1) is 6.92 Å². The summed E-state index contributed by atoms with van der Waals surface area (Å²) in [4.78, 5) is 11.5. The molecule has 0 spiro atoms. The van der Waals surface area contributed by atoms with E-state index in [-0.39, 0.29) is 5.56 Å². The zero-order valence-electron chi connectivity index (χ0n) is 9.53. The van der Waals surface area contributed by atoms with Gasteiger partial charge in [0.1, 0.15) is 0 Å². The van der Waals surface area contributed by atoms with Crippen molar-refractivity contribution in [3.8, 4) is 5.69 Å². The lowest BCUT2D eigenvalue weighted by Crippen LogP contribution is -2.05. The molecule has 1 N–H and O–H groups in total. The van der Waals surface area contributed by atoms with Crippen molar-refractivity contribution >= 4 is 15.9 Å². The van der Waals surface area contributed by atoms with Gasteiger partial charge in [0, 0.05) is 22.2 Å². The van der Waals surface area contributed by atoms with Crippen LogP contribution in [0.5, 0.6) is 0 Å². The molecule has 0 atom stereocenters. The fourth-order valence-corrected chi connectivity index (χ4v) is 2.31. The topological polar surface area (TPSA) is 37.8 Å². The van der Waals surface area contributed by atoms with E-state index in [9.17, 15) is 4.79 Å². The minimum Gasteiger partial charge on any atom is -0.268 e. The summed E-state index contributed by atoms with van der Waals surface area (Å²) in [6.07, 6.45) is 2.37. The van der Waals surface area contributed by atoms with Gasteiger partial charge in [-0.1, -0.05) is 15.9 Å². The Morgan fingerprint density at radius 1 is 1.35 bits per heavy atom. The predicted molar refractivity (Wildman–Crippen MR) is 70.8 cm³/mol. The Bertz CT molecular complexity index is 623. The molecule has 0 saturated heterocycles. The van der Waals surface area contributed by atoms with E-state index in [0.29, 0.717) is 5.92 Å². The maximum Gasteiger partial charge on any atom is 0.264 e. The monoisotopic (exact) mass is 292 g/mol. The number of aromatic amines is 1. The Morgan fingerprint density at radius 3 is 2.76 bits per heavy atom. The number of nitrogens with one attached hydrogen (secondary N) is 1. The highest BCUT2D eigenvalue weighted by Crippen LogP contribution is 2.40. The molecule has 1 aromatic carbocycles. The molecule has 3 nitrogen and oxygen atoms in total. The summed E-state index contributed by atoms with van der Waals surface area (Å²) in [7, 11) is 0. The first-order valence-corrected chi connectivity index (χ1v) is 6.53. The number of hydrogen-bond donors (Lipinski definition) is 1. The molecular formula is C13H13BrN2O. The maximum atomic E-state index is 11.5. The van der Waals surface area contributed by atoms with E-state index in [4.69, 9.17) is 0 Å². The summed E-state index contributed by atoms with van der Waals surface area (Å²) in [6.45, 7) is 2.05. The number of hydrogen-bond acceptors (Lipinski definition) is 1. The molecule has 3 rings (SSSR count). The van der Waals surface area contributed by atoms with E-state index in [1.165, 1.54) is 18.4 Å². The van der Waals surface area contributed by atoms with Gasteiger partial charge in [-0.15, -0.1) is 0 Å². The van der Waals surface area contributed by atoms with Crippen LogP contribution in [0.3, 0.4) is 0 Å². The van der Waals surface area contributed by atoms with E-state index in [2.05, 4.69) is 27.1 Å². The third kappa shape index (κ3) is 1.97. The minimum atomic E-state index is -0.0209. The molecule has 1 saturated carbocycles. The Labute approximate surface area is 108 Å². The lowest BCUT2D eigenvalue weighted by Gasteiger charge is -2.09. The van der Waals surface area contributed by atoms with Crippen molar-refractivity contribution in [2.24, 2.45) is 0 Å². The van der Waals surface area contributed by atoms with Crippen LogP contribution in [0.1, 0.15) is 30.0 Å². The molecule has 0 amide bonds. The molecule has 1 aromatic heterocycles. The number of aryl methyl sites for hydroxylation is 1. The van der Waals surface area contributed by atoms with Crippen LogP contribution in [-0.2, 0) is 0 Å². The van der Waals surface area contributed by atoms with Crippen LogP contribution in [0.2, 0.25) is 0 Å². The number of aromatic nitrogens is 2. The van der Waals surface area contributed by atoms with Gasteiger partial charge < -0.3 is 0 Å². The van der Waals surface area contributed by atoms with E-state index in [1.807, 2.05) is 23.7 Å². The second kappa shape index (κ2) is 3.88. The third-order valence-electron chi connectivity index (χ3n) is 3.15. The van der Waals surface area contributed by atoms with E-state index >= 15 is 0 Å². The van der Waals surface area contributed by atoms with Gasteiger partial charge in [-0.05, 0) is 43.5 Å². The summed E-state index contributed by atoms with van der Waals surface area (Å²) in [5.41, 5.74) is 3.28. The molecule has 0 radical (unpaired) electrons. The number of halogens is 1. The second-order valence-electron chi connectivity index (χ2n) is 4.59. The second-order valence-corrected chi connectivity index (χ2v) is 5.44. The maximum absolute atomic E-state index is 11.5.